The van der Waals surface area contributed by atoms with Crippen molar-refractivity contribution in [3.05, 3.63) is 48.0 Å². The average Bonchev–Trinajstić information content (AvgIpc) is 2.71. The van der Waals surface area contributed by atoms with Crippen LogP contribution in [-0.4, -0.2) is 52.9 Å². The quantitative estimate of drug-likeness (QED) is 0.830. The van der Waals surface area contributed by atoms with Gasteiger partial charge in [0.25, 0.3) is 5.91 Å². The molecule has 4 rings (SSSR count). The molecule has 7 heteroatoms. The molecule has 3 heterocycles. The SMILES string of the molecule is Cc1ccc2c(c1)N(CC(=O)N1CCCC(c3ccncn3)C1)C(=O)CO2. The number of carbonyl (C=O) groups excluding carboxylic acids is 2. The Morgan fingerprint density at radius 3 is 3.04 bits per heavy atom. The number of hydrogen-bond donors (Lipinski definition) is 0. The van der Waals surface area contributed by atoms with Crippen molar-refractivity contribution in [2.24, 2.45) is 0 Å². The number of amides is 2. The van der Waals surface area contributed by atoms with Crippen molar-refractivity contribution in [1.29, 1.82) is 0 Å². The number of aromatic nitrogens is 2. The Morgan fingerprint density at radius 1 is 1.33 bits per heavy atom. The number of benzene rings is 1. The zero-order chi connectivity index (χ0) is 18.8. The molecule has 0 spiro atoms. The minimum Gasteiger partial charge on any atom is -0.482 e. The molecule has 0 bridgehead atoms. The first-order valence-electron chi connectivity index (χ1n) is 9.19. The fourth-order valence-electron chi connectivity index (χ4n) is 3.71. The second-order valence-electron chi connectivity index (χ2n) is 7.05. The molecule has 27 heavy (non-hydrogen) atoms. The molecule has 7 nitrogen and oxygen atoms in total. The van der Waals surface area contributed by atoms with Gasteiger partial charge in [0.2, 0.25) is 5.91 Å². The molecule has 1 unspecified atom stereocenters. The Labute approximate surface area is 158 Å². The maximum atomic E-state index is 12.9. The molecule has 2 aliphatic rings. The van der Waals surface area contributed by atoms with Crippen LogP contribution in [-0.2, 0) is 9.59 Å². The lowest BCUT2D eigenvalue weighted by molar-refractivity contribution is -0.133. The number of aryl methyl sites for hydroxylation is 1. The summed E-state index contributed by atoms with van der Waals surface area (Å²) in [7, 11) is 0. The van der Waals surface area contributed by atoms with E-state index in [4.69, 9.17) is 4.74 Å². The number of piperidine rings is 1. The Bertz CT molecular complexity index is 856. The summed E-state index contributed by atoms with van der Waals surface area (Å²) < 4.78 is 5.49. The van der Waals surface area contributed by atoms with Crippen LogP contribution in [0, 0.1) is 6.92 Å². The third kappa shape index (κ3) is 3.63. The third-order valence-corrected chi connectivity index (χ3v) is 5.15. The number of fused-ring (bicyclic) bond motifs is 1. The molecule has 1 atom stereocenters. The summed E-state index contributed by atoms with van der Waals surface area (Å²) in [4.78, 5) is 37.0. The molecular weight excluding hydrogens is 344 g/mol. The maximum Gasteiger partial charge on any atom is 0.265 e. The van der Waals surface area contributed by atoms with Gasteiger partial charge in [-0.25, -0.2) is 9.97 Å². The summed E-state index contributed by atoms with van der Waals surface area (Å²) in [5, 5.41) is 0. The van der Waals surface area contributed by atoms with Crippen molar-refractivity contribution in [2.75, 3.05) is 31.1 Å². The summed E-state index contributed by atoms with van der Waals surface area (Å²) in [5.74, 6) is 0.619. The lowest BCUT2D eigenvalue weighted by Gasteiger charge is -2.35. The molecule has 0 radical (unpaired) electrons. The molecule has 0 N–H and O–H groups in total. The predicted octanol–water partition coefficient (Wildman–Crippen LogP) is 1.92. The Morgan fingerprint density at radius 2 is 2.22 bits per heavy atom. The fraction of sp³-hybridized carbons (Fsp3) is 0.400. The van der Waals surface area contributed by atoms with Crippen LogP contribution in [0.3, 0.4) is 0 Å². The van der Waals surface area contributed by atoms with Crippen LogP contribution in [0.5, 0.6) is 5.75 Å². The van der Waals surface area contributed by atoms with Crippen LogP contribution < -0.4 is 9.64 Å². The second kappa shape index (κ2) is 7.34. The molecule has 2 aliphatic heterocycles. The zero-order valence-electron chi connectivity index (χ0n) is 15.3. The van der Waals surface area contributed by atoms with E-state index in [-0.39, 0.29) is 30.9 Å². The minimum atomic E-state index is -0.189. The highest BCUT2D eigenvalue weighted by molar-refractivity contribution is 6.02. The van der Waals surface area contributed by atoms with E-state index >= 15 is 0 Å². The van der Waals surface area contributed by atoms with E-state index < -0.39 is 0 Å². The predicted molar refractivity (Wildman–Crippen MR) is 99.6 cm³/mol. The van der Waals surface area contributed by atoms with Crippen molar-refractivity contribution >= 4 is 17.5 Å². The number of likely N-dealkylation sites (tertiary alicyclic amines) is 1. The Hall–Kier alpha value is -2.96. The highest BCUT2D eigenvalue weighted by atomic mass is 16.5. The number of ether oxygens (including phenoxy) is 1. The highest BCUT2D eigenvalue weighted by Crippen LogP contribution is 2.33. The molecule has 1 saturated heterocycles. The monoisotopic (exact) mass is 366 g/mol. The topological polar surface area (TPSA) is 75.6 Å². The number of hydrogen-bond acceptors (Lipinski definition) is 5. The average molecular weight is 366 g/mol. The van der Waals surface area contributed by atoms with Gasteiger partial charge in [-0.2, -0.15) is 0 Å². The summed E-state index contributed by atoms with van der Waals surface area (Å²) >= 11 is 0. The first-order valence-corrected chi connectivity index (χ1v) is 9.19. The van der Waals surface area contributed by atoms with Gasteiger partial charge in [-0.1, -0.05) is 6.07 Å². The van der Waals surface area contributed by atoms with Crippen LogP contribution in [0.4, 0.5) is 5.69 Å². The van der Waals surface area contributed by atoms with Crippen LogP contribution in [0.2, 0.25) is 0 Å². The van der Waals surface area contributed by atoms with Crippen molar-refractivity contribution < 1.29 is 14.3 Å². The van der Waals surface area contributed by atoms with Crippen molar-refractivity contribution in [3.8, 4) is 5.75 Å². The number of anilines is 1. The molecule has 2 amide bonds. The van der Waals surface area contributed by atoms with Gasteiger partial charge in [0.1, 0.15) is 18.6 Å². The van der Waals surface area contributed by atoms with Gasteiger partial charge in [0, 0.05) is 30.9 Å². The standard InChI is InChI=1S/C20H22N4O3/c1-14-4-5-18-17(9-14)24(20(26)12-27-18)11-19(25)23-8-2-3-15(10-23)16-6-7-21-13-22-16/h4-7,9,13,15H,2-3,8,10-12H2,1H3. The summed E-state index contributed by atoms with van der Waals surface area (Å²) in [6.45, 7) is 3.28. The van der Waals surface area contributed by atoms with Crippen LogP contribution in [0.15, 0.2) is 36.8 Å². The molecule has 140 valence electrons. The first kappa shape index (κ1) is 17.5. The number of carbonyl (C=O) groups is 2. The number of nitrogens with zero attached hydrogens (tertiary/aromatic N) is 4. The van der Waals surface area contributed by atoms with E-state index in [1.54, 1.807) is 17.4 Å². The van der Waals surface area contributed by atoms with Gasteiger partial charge < -0.3 is 9.64 Å². The van der Waals surface area contributed by atoms with E-state index in [0.29, 0.717) is 24.5 Å². The van der Waals surface area contributed by atoms with Gasteiger partial charge in [0.15, 0.2) is 6.61 Å². The third-order valence-electron chi connectivity index (χ3n) is 5.15. The van der Waals surface area contributed by atoms with Crippen molar-refractivity contribution in [1.82, 2.24) is 14.9 Å². The maximum absolute atomic E-state index is 12.9. The molecule has 1 aromatic carbocycles. The highest BCUT2D eigenvalue weighted by Gasteiger charge is 2.31. The zero-order valence-corrected chi connectivity index (χ0v) is 15.3. The van der Waals surface area contributed by atoms with Gasteiger partial charge >= 0.3 is 0 Å². The number of rotatable bonds is 3. The first-order chi connectivity index (χ1) is 13.1. The summed E-state index contributed by atoms with van der Waals surface area (Å²) in [6.07, 6.45) is 5.20. The Kier molecular flexibility index (Phi) is 4.75. The molecule has 2 aromatic rings. The van der Waals surface area contributed by atoms with Gasteiger partial charge in [-0.3, -0.25) is 14.5 Å². The van der Waals surface area contributed by atoms with Crippen LogP contribution >= 0.6 is 0 Å². The molecule has 1 aromatic heterocycles. The van der Waals surface area contributed by atoms with E-state index in [1.807, 2.05) is 36.1 Å². The smallest absolute Gasteiger partial charge is 0.265 e. The lowest BCUT2D eigenvalue weighted by atomic mass is 9.94. The van der Waals surface area contributed by atoms with E-state index in [2.05, 4.69) is 9.97 Å². The Balaban J connectivity index is 1.49. The van der Waals surface area contributed by atoms with E-state index in [9.17, 15) is 9.59 Å². The van der Waals surface area contributed by atoms with E-state index in [1.165, 1.54) is 0 Å². The van der Waals surface area contributed by atoms with E-state index in [0.717, 1.165) is 24.1 Å². The van der Waals surface area contributed by atoms with Crippen molar-refractivity contribution in [3.63, 3.8) is 0 Å². The van der Waals surface area contributed by atoms with Gasteiger partial charge in [-0.15, -0.1) is 0 Å². The molecule has 0 aliphatic carbocycles. The minimum absolute atomic E-state index is 0.0348. The molecular formula is C20H22N4O3. The second-order valence-corrected chi connectivity index (χ2v) is 7.05. The van der Waals surface area contributed by atoms with Gasteiger partial charge in [-0.05, 0) is 43.5 Å². The van der Waals surface area contributed by atoms with Gasteiger partial charge in [0.05, 0.1) is 5.69 Å². The largest absolute Gasteiger partial charge is 0.482 e. The normalized spacial score (nSPS) is 19.4. The lowest BCUT2D eigenvalue weighted by Crippen LogP contribution is -2.48. The van der Waals surface area contributed by atoms with Crippen molar-refractivity contribution in [2.45, 2.75) is 25.7 Å². The van der Waals surface area contributed by atoms with Crippen LogP contribution in [0.25, 0.3) is 0 Å². The molecule has 1 fully saturated rings. The summed E-state index contributed by atoms with van der Waals surface area (Å²) in [5.41, 5.74) is 2.65. The van der Waals surface area contributed by atoms with Crippen LogP contribution in [0.1, 0.15) is 30.0 Å². The summed E-state index contributed by atoms with van der Waals surface area (Å²) in [6, 6.07) is 7.58. The molecule has 0 saturated carbocycles. The fourth-order valence-corrected chi connectivity index (χ4v) is 3.71.